The van der Waals surface area contributed by atoms with Crippen LogP contribution in [0.15, 0.2) is 35.7 Å². The van der Waals surface area contributed by atoms with Crippen molar-refractivity contribution in [3.8, 4) is 0 Å². The lowest BCUT2D eigenvalue weighted by Crippen LogP contribution is -2.42. The first-order valence-electron chi connectivity index (χ1n) is 8.45. The second-order valence-electron chi connectivity index (χ2n) is 6.25. The third kappa shape index (κ3) is 4.72. The molecule has 0 unspecified atom stereocenters. The van der Waals surface area contributed by atoms with E-state index in [9.17, 15) is 9.18 Å². The van der Waals surface area contributed by atoms with Crippen LogP contribution >= 0.6 is 11.8 Å². The van der Waals surface area contributed by atoms with E-state index in [0.717, 1.165) is 31.2 Å². The van der Waals surface area contributed by atoms with Crippen molar-refractivity contribution in [1.29, 1.82) is 0 Å². The monoisotopic (exact) mass is 363 g/mol. The standard InChI is InChI=1S/C17H22FN5OS/c18-14-8-6-13(7-9-14)10-22(15-4-2-1-3-5-15)16(24)11-25-17-21-20-12-23(17)19/h6-9,12,15H,1-5,10-11,19H2. The van der Waals surface area contributed by atoms with Gasteiger partial charge in [0, 0.05) is 12.6 Å². The van der Waals surface area contributed by atoms with Gasteiger partial charge < -0.3 is 10.7 Å². The molecule has 3 rings (SSSR count). The lowest BCUT2D eigenvalue weighted by atomic mass is 9.94. The SMILES string of the molecule is Nn1cnnc1SCC(=O)N(Cc1ccc(F)cc1)C1CCCCC1. The number of amides is 1. The molecular formula is C17H22FN5OS. The summed E-state index contributed by atoms with van der Waals surface area (Å²) in [7, 11) is 0. The number of aromatic nitrogens is 3. The summed E-state index contributed by atoms with van der Waals surface area (Å²) >= 11 is 1.28. The van der Waals surface area contributed by atoms with Gasteiger partial charge in [0.05, 0.1) is 5.75 Å². The van der Waals surface area contributed by atoms with E-state index >= 15 is 0 Å². The highest BCUT2D eigenvalue weighted by atomic mass is 32.2. The van der Waals surface area contributed by atoms with Gasteiger partial charge in [0.2, 0.25) is 11.1 Å². The quantitative estimate of drug-likeness (QED) is 0.630. The third-order valence-electron chi connectivity index (χ3n) is 4.47. The summed E-state index contributed by atoms with van der Waals surface area (Å²) in [4.78, 5) is 14.8. The first-order chi connectivity index (χ1) is 12.1. The Balaban J connectivity index is 1.69. The van der Waals surface area contributed by atoms with E-state index in [1.54, 1.807) is 12.1 Å². The maximum atomic E-state index is 13.1. The smallest absolute Gasteiger partial charge is 0.233 e. The summed E-state index contributed by atoms with van der Waals surface area (Å²) in [5, 5.41) is 8.12. The van der Waals surface area contributed by atoms with E-state index in [-0.39, 0.29) is 23.5 Å². The van der Waals surface area contributed by atoms with Crippen LogP contribution in [0.25, 0.3) is 0 Å². The molecule has 0 radical (unpaired) electrons. The third-order valence-corrected chi connectivity index (χ3v) is 5.41. The van der Waals surface area contributed by atoms with E-state index in [4.69, 9.17) is 5.84 Å². The largest absolute Gasteiger partial charge is 0.336 e. The molecule has 1 aromatic carbocycles. The van der Waals surface area contributed by atoms with E-state index < -0.39 is 0 Å². The van der Waals surface area contributed by atoms with Gasteiger partial charge in [-0.05, 0) is 30.5 Å². The maximum absolute atomic E-state index is 13.1. The first-order valence-corrected chi connectivity index (χ1v) is 9.44. The highest BCUT2D eigenvalue weighted by molar-refractivity contribution is 7.99. The molecule has 6 nitrogen and oxygen atoms in total. The van der Waals surface area contributed by atoms with Crippen molar-refractivity contribution in [3.05, 3.63) is 42.0 Å². The van der Waals surface area contributed by atoms with Crippen LogP contribution < -0.4 is 5.84 Å². The molecule has 1 heterocycles. The lowest BCUT2D eigenvalue weighted by molar-refractivity contribution is -0.132. The van der Waals surface area contributed by atoms with Gasteiger partial charge in [0.1, 0.15) is 12.1 Å². The van der Waals surface area contributed by atoms with E-state index in [1.807, 2.05) is 4.90 Å². The molecule has 1 amide bonds. The van der Waals surface area contributed by atoms with Crippen molar-refractivity contribution >= 4 is 17.7 Å². The molecule has 0 bridgehead atoms. The molecule has 2 aromatic rings. The Morgan fingerprint density at radius 2 is 2.00 bits per heavy atom. The molecule has 1 saturated carbocycles. The Hall–Kier alpha value is -2.09. The molecule has 0 saturated heterocycles. The summed E-state index contributed by atoms with van der Waals surface area (Å²) in [5.74, 6) is 5.73. The number of thioether (sulfide) groups is 1. The average molecular weight is 363 g/mol. The second kappa shape index (κ2) is 8.33. The van der Waals surface area contributed by atoms with E-state index in [1.165, 1.54) is 41.3 Å². The molecule has 134 valence electrons. The fraction of sp³-hybridized carbons (Fsp3) is 0.471. The number of halogens is 1. The predicted molar refractivity (Wildman–Crippen MR) is 94.7 cm³/mol. The fourth-order valence-electron chi connectivity index (χ4n) is 3.14. The normalized spacial score (nSPS) is 15.2. The summed E-state index contributed by atoms with van der Waals surface area (Å²) in [6.07, 6.45) is 6.95. The number of rotatable bonds is 6. The molecule has 1 aromatic heterocycles. The van der Waals surface area contributed by atoms with Crippen LogP contribution in [0.5, 0.6) is 0 Å². The number of nitrogens with two attached hydrogens (primary N) is 1. The van der Waals surface area contributed by atoms with Gasteiger partial charge in [0.25, 0.3) is 0 Å². The Morgan fingerprint density at radius 3 is 2.64 bits per heavy atom. The second-order valence-corrected chi connectivity index (χ2v) is 7.19. The van der Waals surface area contributed by atoms with Crippen molar-refractivity contribution in [1.82, 2.24) is 19.8 Å². The molecule has 1 fully saturated rings. The van der Waals surface area contributed by atoms with Crippen molar-refractivity contribution < 1.29 is 9.18 Å². The number of nitrogens with zero attached hydrogens (tertiary/aromatic N) is 4. The van der Waals surface area contributed by atoms with Crippen molar-refractivity contribution in [3.63, 3.8) is 0 Å². The van der Waals surface area contributed by atoms with Gasteiger partial charge in [0.15, 0.2) is 0 Å². The topological polar surface area (TPSA) is 77.0 Å². The minimum atomic E-state index is -0.267. The van der Waals surface area contributed by atoms with Crippen LogP contribution in [-0.4, -0.2) is 37.5 Å². The van der Waals surface area contributed by atoms with Gasteiger partial charge in [-0.15, -0.1) is 10.2 Å². The molecular weight excluding hydrogens is 341 g/mol. The van der Waals surface area contributed by atoms with Crippen LogP contribution in [0.3, 0.4) is 0 Å². The number of carbonyl (C=O) groups excluding carboxylic acids is 1. The van der Waals surface area contributed by atoms with E-state index in [2.05, 4.69) is 10.2 Å². The first kappa shape index (κ1) is 17.7. The van der Waals surface area contributed by atoms with Crippen LogP contribution in [-0.2, 0) is 11.3 Å². The molecule has 8 heteroatoms. The Bertz CT molecular complexity index is 699. The molecule has 1 aliphatic rings. The van der Waals surface area contributed by atoms with E-state index in [0.29, 0.717) is 11.7 Å². The molecule has 0 atom stereocenters. The number of nitrogen functional groups attached to an aromatic ring is 1. The van der Waals surface area contributed by atoms with Crippen molar-refractivity contribution in [2.75, 3.05) is 11.6 Å². The zero-order chi connectivity index (χ0) is 17.6. The molecule has 1 aliphatic carbocycles. The highest BCUT2D eigenvalue weighted by Gasteiger charge is 2.26. The van der Waals surface area contributed by atoms with Crippen LogP contribution in [0.2, 0.25) is 0 Å². The van der Waals surface area contributed by atoms with Gasteiger partial charge in [-0.2, -0.15) is 0 Å². The Morgan fingerprint density at radius 1 is 1.28 bits per heavy atom. The molecule has 0 aliphatic heterocycles. The van der Waals surface area contributed by atoms with Crippen molar-refractivity contribution in [2.45, 2.75) is 49.8 Å². The minimum absolute atomic E-state index is 0.0456. The maximum Gasteiger partial charge on any atom is 0.233 e. The zero-order valence-electron chi connectivity index (χ0n) is 14.0. The minimum Gasteiger partial charge on any atom is -0.336 e. The predicted octanol–water partition coefficient (Wildman–Crippen LogP) is 2.58. The summed E-state index contributed by atoms with van der Waals surface area (Å²) in [6.45, 7) is 0.500. The Labute approximate surface area is 150 Å². The van der Waals surface area contributed by atoms with Crippen LogP contribution in [0, 0.1) is 5.82 Å². The van der Waals surface area contributed by atoms with Gasteiger partial charge in [-0.1, -0.05) is 43.2 Å². The molecule has 0 spiro atoms. The summed E-state index contributed by atoms with van der Waals surface area (Å²) in [6, 6.07) is 6.58. The fourth-order valence-corrected chi connectivity index (χ4v) is 3.86. The van der Waals surface area contributed by atoms with Gasteiger partial charge >= 0.3 is 0 Å². The van der Waals surface area contributed by atoms with Crippen LogP contribution in [0.4, 0.5) is 4.39 Å². The highest BCUT2D eigenvalue weighted by Crippen LogP contribution is 2.25. The lowest BCUT2D eigenvalue weighted by Gasteiger charge is -2.34. The number of hydrogen-bond acceptors (Lipinski definition) is 5. The summed E-state index contributed by atoms with van der Waals surface area (Å²) < 4.78 is 14.5. The van der Waals surface area contributed by atoms with Crippen LogP contribution in [0.1, 0.15) is 37.7 Å². The molecule has 2 N–H and O–H groups in total. The summed E-state index contributed by atoms with van der Waals surface area (Å²) in [5.41, 5.74) is 0.937. The molecule has 25 heavy (non-hydrogen) atoms. The zero-order valence-corrected chi connectivity index (χ0v) is 14.8. The van der Waals surface area contributed by atoms with Crippen molar-refractivity contribution in [2.24, 2.45) is 0 Å². The average Bonchev–Trinajstić information content (AvgIpc) is 3.05. The number of hydrogen-bond donors (Lipinski definition) is 1. The van der Waals surface area contributed by atoms with Gasteiger partial charge in [-0.25, -0.2) is 9.07 Å². The number of benzene rings is 1. The Kier molecular flexibility index (Phi) is 5.91. The van der Waals surface area contributed by atoms with Gasteiger partial charge in [-0.3, -0.25) is 4.79 Å². The number of carbonyl (C=O) groups is 1.